The Hall–Kier alpha value is -1.25. The van der Waals surface area contributed by atoms with Crippen molar-refractivity contribution in [2.24, 2.45) is 0 Å². The number of nitrogens with one attached hydrogen (secondary N) is 1. The maximum Gasteiger partial charge on any atom is 0.530 e. The van der Waals surface area contributed by atoms with Crippen LogP contribution >= 0.6 is 15.6 Å². The van der Waals surface area contributed by atoms with E-state index in [4.69, 9.17) is 22.6 Å². The van der Waals surface area contributed by atoms with Crippen molar-refractivity contribution in [2.75, 3.05) is 26.4 Å². The van der Waals surface area contributed by atoms with Gasteiger partial charge in [-0.1, -0.05) is 65.5 Å². The van der Waals surface area contributed by atoms with Gasteiger partial charge in [-0.3, -0.25) is 22.9 Å². The van der Waals surface area contributed by atoms with E-state index in [-0.39, 0.29) is 38.6 Å². The van der Waals surface area contributed by atoms with Crippen LogP contribution in [0, 0.1) is 0 Å². The van der Waals surface area contributed by atoms with E-state index >= 15 is 0 Å². The fourth-order valence-corrected chi connectivity index (χ4v) is 5.74. The molecule has 0 spiro atoms. The fourth-order valence-electron chi connectivity index (χ4n) is 2.93. The first-order chi connectivity index (χ1) is 17.7. The smallest absolute Gasteiger partial charge is 0.480 e. The minimum Gasteiger partial charge on any atom is -0.480 e. The minimum absolute atomic E-state index is 0.0194. The monoisotopic (exact) mass is 565 g/mol. The van der Waals surface area contributed by atoms with Gasteiger partial charge in [0.05, 0.1) is 26.4 Å². The molecule has 0 fully saturated rings. The number of hydrogen-bond donors (Lipinski definition) is 2. The van der Waals surface area contributed by atoms with Gasteiger partial charge in [0, 0.05) is 0 Å². The lowest BCUT2D eigenvalue weighted by Crippen LogP contribution is -2.37. The summed E-state index contributed by atoms with van der Waals surface area (Å²) >= 11 is 0. The molecule has 12 heteroatoms. The number of carboxylic acid groups (broad SMARTS) is 1. The zero-order valence-electron chi connectivity index (χ0n) is 22.7. The number of benzene rings is 1. The average Bonchev–Trinajstić information content (AvgIpc) is 2.85. The molecule has 1 aromatic carbocycles. The molecule has 1 aromatic rings. The number of carbonyl (C=O) groups is 1. The van der Waals surface area contributed by atoms with Gasteiger partial charge in [0.2, 0.25) is 0 Å². The van der Waals surface area contributed by atoms with E-state index < -0.39 is 27.6 Å². The van der Waals surface area contributed by atoms with E-state index in [0.29, 0.717) is 18.4 Å². The maximum absolute atomic E-state index is 13.2. The van der Waals surface area contributed by atoms with E-state index in [1.165, 1.54) is 0 Å². The molecular weight excluding hydrogens is 520 g/mol. The van der Waals surface area contributed by atoms with Crippen LogP contribution in [0.5, 0.6) is 5.75 Å². The summed E-state index contributed by atoms with van der Waals surface area (Å²) in [6, 6.07) is 5.23. The summed E-state index contributed by atoms with van der Waals surface area (Å²) in [5.74, 6) is -0.909. The van der Waals surface area contributed by atoms with Gasteiger partial charge < -0.3 is 9.63 Å². The predicted molar refractivity (Wildman–Crippen MR) is 144 cm³/mol. The van der Waals surface area contributed by atoms with Crippen LogP contribution in [0.4, 0.5) is 0 Å². The lowest BCUT2D eigenvalue weighted by Gasteiger charge is -2.23. The number of hydrogen-bond acceptors (Lipinski definition) is 8. The third-order valence-electron chi connectivity index (χ3n) is 5.21. The topological polar surface area (TPSA) is 130 Å². The Kier molecular flexibility index (Phi) is 17.3. The van der Waals surface area contributed by atoms with Crippen molar-refractivity contribution in [3.8, 4) is 5.75 Å². The molecule has 1 rings (SSSR count). The molecule has 0 heterocycles. The number of rotatable bonds is 23. The standard InChI is InChI=1S/C25H45NO9P2/c1-5-9-17-31-36(29,32-18-10-6-2)26-24(25(27)28)21-22-13-15-23(16-14-22)35-37(30,33-19-11-7-3)34-20-12-8-4/h13-16,24H,5-12,17-21H2,1-4H3,(H,26,29)(H,27,28)/t24-/m0/s1. The molecule has 0 aromatic heterocycles. The molecule has 1 atom stereocenters. The highest BCUT2D eigenvalue weighted by Crippen LogP contribution is 2.50. The Morgan fingerprint density at radius 2 is 1.22 bits per heavy atom. The molecule has 0 bridgehead atoms. The zero-order chi connectivity index (χ0) is 27.6. The average molecular weight is 566 g/mol. The second kappa shape index (κ2) is 18.9. The van der Waals surface area contributed by atoms with E-state index in [1.807, 2.05) is 27.7 Å². The van der Waals surface area contributed by atoms with Crippen LogP contribution < -0.4 is 9.61 Å². The van der Waals surface area contributed by atoms with E-state index in [1.54, 1.807) is 24.3 Å². The van der Waals surface area contributed by atoms with Gasteiger partial charge in [-0.15, -0.1) is 0 Å². The second-order valence-electron chi connectivity index (χ2n) is 8.65. The highest BCUT2D eigenvalue weighted by atomic mass is 31.2. The fraction of sp³-hybridized carbons (Fsp3) is 0.720. The first-order valence-corrected chi connectivity index (χ1v) is 16.3. The summed E-state index contributed by atoms with van der Waals surface area (Å²) in [5.41, 5.74) is 0.634. The normalized spacial score (nSPS) is 13.0. The maximum atomic E-state index is 13.2. The first kappa shape index (κ1) is 33.8. The molecule has 10 nitrogen and oxygen atoms in total. The van der Waals surface area contributed by atoms with Crippen molar-refractivity contribution in [1.82, 2.24) is 5.09 Å². The van der Waals surface area contributed by atoms with Crippen LogP contribution in [0.15, 0.2) is 24.3 Å². The predicted octanol–water partition coefficient (Wildman–Crippen LogP) is 7.13. The SMILES string of the molecule is CCCCOP(=O)(N[C@@H](Cc1ccc(OP(=O)(OCCCC)OCCCC)cc1)C(=O)O)OCCCC. The van der Waals surface area contributed by atoms with Crippen molar-refractivity contribution in [3.05, 3.63) is 29.8 Å². The van der Waals surface area contributed by atoms with E-state index in [0.717, 1.165) is 38.5 Å². The molecule has 0 saturated heterocycles. The van der Waals surface area contributed by atoms with Crippen molar-refractivity contribution < 1.29 is 41.6 Å². The van der Waals surface area contributed by atoms with Crippen LogP contribution in [0.2, 0.25) is 0 Å². The number of unbranched alkanes of at least 4 members (excludes halogenated alkanes) is 4. The molecule has 214 valence electrons. The van der Waals surface area contributed by atoms with Crippen molar-refractivity contribution in [3.63, 3.8) is 0 Å². The summed E-state index contributed by atoms with van der Waals surface area (Å²) in [4.78, 5) is 12.0. The number of carboxylic acids is 1. The molecule has 0 aliphatic rings. The summed E-state index contributed by atoms with van der Waals surface area (Å²) < 4.78 is 53.7. The largest absolute Gasteiger partial charge is 0.530 e. The van der Waals surface area contributed by atoms with Crippen LogP contribution in [-0.2, 0) is 38.4 Å². The third kappa shape index (κ3) is 14.5. The quantitative estimate of drug-likeness (QED) is 0.104. The van der Waals surface area contributed by atoms with Gasteiger partial charge >= 0.3 is 21.5 Å². The molecule has 0 saturated carbocycles. The molecule has 0 aliphatic heterocycles. The van der Waals surface area contributed by atoms with Crippen molar-refractivity contribution in [2.45, 2.75) is 91.5 Å². The number of aliphatic carboxylic acids is 1. The molecule has 0 aliphatic carbocycles. The van der Waals surface area contributed by atoms with Gasteiger partial charge in [-0.2, -0.15) is 0 Å². The van der Waals surface area contributed by atoms with E-state index in [2.05, 4.69) is 5.09 Å². The van der Waals surface area contributed by atoms with Gasteiger partial charge in [0.15, 0.2) is 0 Å². The lowest BCUT2D eigenvalue weighted by atomic mass is 10.1. The van der Waals surface area contributed by atoms with E-state index in [9.17, 15) is 19.0 Å². The minimum atomic E-state index is -3.82. The van der Waals surface area contributed by atoms with Crippen LogP contribution in [0.1, 0.15) is 84.6 Å². The number of phosphoric ester groups is 1. The highest BCUT2D eigenvalue weighted by molar-refractivity contribution is 7.51. The third-order valence-corrected chi connectivity index (χ3v) is 8.31. The first-order valence-electron chi connectivity index (χ1n) is 13.3. The van der Waals surface area contributed by atoms with Crippen molar-refractivity contribution >= 4 is 21.5 Å². The van der Waals surface area contributed by atoms with Gasteiger partial charge in [-0.05, 0) is 49.8 Å². The van der Waals surface area contributed by atoms with Gasteiger partial charge in [0.25, 0.3) is 0 Å². The molecule has 0 radical (unpaired) electrons. The van der Waals surface area contributed by atoms with Gasteiger partial charge in [-0.25, -0.2) is 14.2 Å². The molecule has 37 heavy (non-hydrogen) atoms. The molecule has 0 amide bonds. The molecule has 0 unspecified atom stereocenters. The zero-order valence-corrected chi connectivity index (χ0v) is 24.5. The molecular formula is C25H45NO9P2. The Morgan fingerprint density at radius 1 is 0.784 bits per heavy atom. The summed E-state index contributed by atoms with van der Waals surface area (Å²) in [6.45, 7) is 8.85. The van der Waals surface area contributed by atoms with Crippen molar-refractivity contribution in [1.29, 1.82) is 0 Å². The Labute approximate surface area is 222 Å². The Bertz CT molecular complexity index is 823. The van der Waals surface area contributed by atoms with Crippen LogP contribution in [0.25, 0.3) is 0 Å². The summed E-state index contributed by atoms with van der Waals surface area (Å²) in [7, 11) is -7.61. The van der Waals surface area contributed by atoms with Gasteiger partial charge in [0.1, 0.15) is 11.8 Å². The highest BCUT2D eigenvalue weighted by Gasteiger charge is 2.32. The lowest BCUT2D eigenvalue weighted by molar-refractivity contribution is -0.139. The summed E-state index contributed by atoms with van der Waals surface area (Å²) in [5, 5.41) is 12.4. The van der Waals surface area contributed by atoms with Crippen LogP contribution in [0.3, 0.4) is 0 Å². The Balaban J connectivity index is 2.90. The number of phosphoric acid groups is 1. The van der Waals surface area contributed by atoms with Crippen LogP contribution in [-0.4, -0.2) is 43.5 Å². The summed E-state index contributed by atoms with van der Waals surface area (Å²) in [6.07, 6.45) is 6.25. The molecule has 2 N–H and O–H groups in total. The Morgan fingerprint density at radius 3 is 1.62 bits per heavy atom. The second-order valence-corrected chi connectivity index (χ2v) is 12.0.